The first-order valence-corrected chi connectivity index (χ1v) is 14.2. The van der Waals surface area contributed by atoms with Crippen molar-refractivity contribution >= 4 is 34.7 Å². The third-order valence-corrected chi connectivity index (χ3v) is 8.29. The van der Waals surface area contributed by atoms with Crippen molar-refractivity contribution in [2.45, 2.75) is 25.3 Å². The zero-order valence-corrected chi connectivity index (χ0v) is 24.1. The van der Waals surface area contributed by atoms with Crippen LogP contribution in [-0.4, -0.2) is 44.8 Å². The molecular weight excluding hydrogens is 506 g/mol. The number of benzene rings is 4. The van der Waals surface area contributed by atoms with E-state index < -0.39 is 0 Å². The van der Waals surface area contributed by atoms with Crippen LogP contribution in [0, 0.1) is 10.4 Å². The molecule has 0 saturated heterocycles. The summed E-state index contributed by atoms with van der Waals surface area (Å²) < 4.78 is 0. The van der Waals surface area contributed by atoms with E-state index in [9.17, 15) is 9.59 Å². The van der Waals surface area contributed by atoms with Crippen molar-refractivity contribution in [3.63, 3.8) is 0 Å². The number of nitrogens with zero attached hydrogens (tertiary/aromatic N) is 2. The molecule has 1 amide bonds. The second-order valence-corrected chi connectivity index (χ2v) is 11.3. The van der Waals surface area contributed by atoms with Crippen molar-refractivity contribution in [2.75, 3.05) is 38.4 Å². The van der Waals surface area contributed by atoms with Crippen LogP contribution in [0.25, 0.3) is 11.6 Å². The number of fused-ring (bicyclic) bond motifs is 4. The topological polar surface area (TPSA) is 52.7 Å². The van der Waals surface area contributed by atoms with E-state index >= 15 is 0 Å². The molecule has 206 valence electrons. The quantitative estimate of drug-likeness (QED) is 0.347. The molecule has 1 atom stereocenters. The van der Waals surface area contributed by atoms with Gasteiger partial charge in [0.25, 0.3) is 5.91 Å². The third kappa shape index (κ3) is 4.87. The Morgan fingerprint density at radius 3 is 2.22 bits per heavy atom. The van der Waals surface area contributed by atoms with Crippen molar-refractivity contribution in [1.29, 1.82) is 0 Å². The zero-order valence-electron chi connectivity index (χ0n) is 24.1. The van der Waals surface area contributed by atoms with E-state index in [4.69, 9.17) is 0 Å². The molecule has 1 unspecified atom stereocenters. The number of amides is 1. The Bertz CT molecular complexity index is 1890. The van der Waals surface area contributed by atoms with E-state index in [1.54, 1.807) is 0 Å². The Kier molecular flexibility index (Phi) is 7.06. The van der Waals surface area contributed by atoms with Gasteiger partial charge in [0.2, 0.25) is 0 Å². The van der Waals surface area contributed by atoms with Crippen molar-refractivity contribution in [2.24, 2.45) is 0 Å². The summed E-state index contributed by atoms with van der Waals surface area (Å²) in [5.41, 5.74) is 6.25. The summed E-state index contributed by atoms with van der Waals surface area (Å²) in [5, 5.41) is 7.84. The number of carbonyl (C=O) groups is 2. The summed E-state index contributed by atoms with van der Waals surface area (Å²) in [5.74, 6) is -0.120. The van der Waals surface area contributed by atoms with Crippen LogP contribution in [0.2, 0.25) is 0 Å². The lowest BCUT2D eigenvalue weighted by Gasteiger charge is -2.29. The standard InChI is InChI=1S/C36H35N3O2/c1-38(2)32-15-8-7-12-31(32)36(41)37-25-18-16-23(17-19-25)35(40)30-14-9-13-28-27(30)20-21-29-26-11-6-5-10-24(26)22-33(34(28)29)39(3)4/h5-8,10-12,15-22,33H,9,13-14H2,1-4H3,(H,37,41). The molecule has 0 aromatic heterocycles. The van der Waals surface area contributed by atoms with Crippen LogP contribution in [0.5, 0.6) is 0 Å². The van der Waals surface area contributed by atoms with E-state index in [2.05, 4.69) is 66.8 Å². The summed E-state index contributed by atoms with van der Waals surface area (Å²) >= 11 is 0. The molecule has 0 saturated carbocycles. The lowest BCUT2D eigenvalue weighted by atomic mass is 9.82. The van der Waals surface area contributed by atoms with E-state index in [0.717, 1.165) is 35.7 Å². The van der Waals surface area contributed by atoms with Crippen molar-refractivity contribution in [3.8, 4) is 0 Å². The maximum Gasteiger partial charge on any atom is 0.257 e. The molecule has 0 spiro atoms. The average Bonchev–Trinajstić information content (AvgIpc) is 3.00. The highest BCUT2D eigenvalue weighted by Crippen LogP contribution is 2.30. The van der Waals surface area contributed by atoms with Crippen LogP contribution in [0.4, 0.5) is 11.4 Å². The molecular formula is C36H35N3O2. The molecule has 41 heavy (non-hydrogen) atoms. The van der Waals surface area contributed by atoms with Gasteiger partial charge in [0.15, 0.2) is 5.78 Å². The van der Waals surface area contributed by atoms with Gasteiger partial charge in [-0.05, 0) is 102 Å². The first-order chi connectivity index (χ1) is 19.8. The number of ketones is 1. The Hall–Kier alpha value is -4.48. The lowest BCUT2D eigenvalue weighted by molar-refractivity contribution is 0.102. The van der Waals surface area contributed by atoms with Gasteiger partial charge in [0.1, 0.15) is 0 Å². The molecule has 2 aliphatic carbocycles. The summed E-state index contributed by atoms with van der Waals surface area (Å²) in [7, 11) is 8.08. The Labute approximate surface area is 240 Å². The summed E-state index contributed by atoms with van der Waals surface area (Å²) in [6.45, 7) is 0. The highest BCUT2D eigenvalue weighted by Gasteiger charge is 2.25. The minimum absolute atomic E-state index is 0.0586. The van der Waals surface area contributed by atoms with Gasteiger partial charge in [-0.2, -0.15) is 0 Å². The molecule has 4 aromatic carbocycles. The van der Waals surface area contributed by atoms with Crippen molar-refractivity contribution < 1.29 is 9.59 Å². The molecule has 0 heterocycles. The van der Waals surface area contributed by atoms with Crippen LogP contribution in [0.3, 0.4) is 0 Å². The predicted molar refractivity (Wildman–Crippen MR) is 167 cm³/mol. The second kappa shape index (κ2) is 10.8. The largest absolute Gasteiger partial charge is 0.377 e. The van der Waals surface area contributed by atoms with Gasteiger partial charge in [0, 0.05) is 36.6 Å². The van der Waals surface area contributed by atoms with Gasteiger partial charge in [-0.1, -0.05) is 54.6 Å². The molecule has 5 nitrogen and oxygen atoms in total. The third-order valence-electron chi connectivity index (χ3n) is 8.29. The number of carbonyl (C=O) groups excluding carboxylic acids is 2. The predicted octanol–water partition coefficient (Wildman–Crippen LogP) is 5.06. The number of para-hydroxylation sites is 1. The van der Waals surface area contributed by atoms with Crippen LogP contribution in [0.1, 0.15) is 50.7 Å². The number of nitrogens with one attached hydrogen (secondary N) is 1. The fraction of sp³-hybridized carbons (Fsp3) is 0.222. The van der Waals surface area contributed by atoms with E-state index in [-0.39, 0.29) is 17.7 Å². The van der Waals surface area contributed by atoms with E-state index in [0.29, 0.717) is 16.8 Å². The monoisotopic (exact) mass is 541 g/mol. The fourth-order valence-corrected chi connectivity index (χ4v) is 6.28. The van der Waals surface area contributed by atoms with Crippen molar-refractivity contribution in [1.82, 2.24) is 4.90 Å². The molecule has 0 aliphatic heterocycles. The summed E-state index contributed by atoms with van der Waals surface area (Å²) in [6, 6.07) is 27.9. The molecule has 6 rings (SSSR count). The number of hydrogen-bond acceptors (Lipinski definition) is 4. The van der Waals surface area contributed by atoms with Gasteiger partial charge in [-0.3, -0.25) is 14.5 Å². The molecule has 5 heteroatoms. The smallest absolute Gasteiger partial charge is 0.257 e. The second-order valence-electron chi connectivity index (χ2n) is 11.3. The summed E-state index contributed by atoms with van der Waals surface area (Å²) in [6.07, 6.45) is 5.02. The fourth-order valence-electron chi connectivity index (χ4n) is 6.28. The molecule has 0 fully saturated rings. The number of anilines is 2. The molecule has 1 N–H and O–H groups in total. The summed E-state index contributed by atoms with van der Waals surface area (Å²) in [4.78, 5) is 31.0. The Balaban J connectivity index is 1.36. The first-order valence-electron chi connectivity index (χ1n) is 14.2. The van der Waals surface area contributed by atoms with Gasteiger partial charge in [-0.15, -0.1) is 0 Å². The number of rotatable bonds is 6. The minimum atomic E-state index is -0.178. The Morgan fingerprint density at radius 1 is 0.756 bits per heavy atom. The van der Waals surface area contributed by atoms with Crippen molar-refractivity contribution in [3.05, 3.63) is 128 Å². The van der Waals surface area contributed by atoms with Crippen LogP contribution in [-0.2, 0) is 6.42 Å². The van der Waals surface area contributed by atoms with E-state index in [1.165, 1.54) is 26.8 Å². The van der Waals surface area contributed by atoms with Gasteiger partial charge >= 0.3 is 0 Å². The van der Waals surface area contributed by atoms with Gasteiger partial charge in [0.05, 0.1) is 11.6 Å². The van der Waals surface area contributed by atoms with Crippen LogP contribution < -0.4 is 20.7 Å². The van der Waals surface area contributed by atoms with Gasteiger partial charge < -0.3 is 10.2 Å². The normalized spacial score (nSPS) is 15.3. The number of Topliss-reactive ketones (excluding diaryl/α,β-unsaturated/α-hetero) is 1. The highest BCUT2D eigenvalue weighted by atomic mass is 16.1. The highest BCUT2D eigenvalue weighted by molar-refractivity contribution is 6.24. The molecule has 0 bridgehead atoms. The molecule has 0 radical (unpaired) electrons. The average molecular weight is 542 g/mol. The first kappa shape index (κ1) is 26.7. The van der Waals surface area contributed by atoms with Crippen LogP contribution >= 0.6 is 0 Å². The zero-order chi connectivity index (χ0) is 28.7. The maximum atomic E-state index is 13.9. The Morgan fingerprint density at radius 2 is 1.46 bits per heavy atom. The maximum absolute atomic E-state index is 13.9. The number of hydrogen-bond donors (Lipinski definition) is 1. The van der Waals surface area contributed by atoms with Crippen LogP contribution in [0.15, 0.2) is 84.9 Å². The minimum Gasteiger partial charge on any atom is -0.377 e. The van der Waals surface area contributed by atoms with E-state index in [1.807, 2.05) is 67.5 Å². The molecule has 2 aliphatic rings. The van der Waals surface area contributed by atoms with Gasteiger partial charge in [-0.25, -0.2) is 0 Å². The SMILES string of the molecule is CN(C)c1ccccc1C(=O)Nc1ccc(C(=O)C2=c3ccc4c(c3CCC2)C(N(C)C)C=c2ccccc2=4)cc1. The molecule has 4 aromatic rings. The lowest BCUT2D eigenvalue weighted by Crippen LogP contribution is -2.31.